The Kier molecular flexibility index (Phi) is 2.60. The summed E-state index contributed by atoms with van der Waals surface area (Å²) in [6, 6.07) is 14.6. The number of carboxylic acid groups (broad SMARTS) is 1. The lowest BCUT2D eigenvalue weighted by Gasteiger charge is -2.06. The van der Waals surface area contributed by atoms with Crippen LogP contribution in [-0.2, 0) is 0 Å². The second-order valence-electron chi connectivity index (χ2n) is 5.92. The summed E-state index contributed by atoms with van der Waals surface area (Å²) in [4.78, 5) is 33.1. The van der Waals surface area contributed by atoms with E-state index in [0.717, 1.165) is 11.5 Å². The van der Waals surface area contributed by atoms with Gasteiger partial charge in [0.15, 0.2) is 6.29 Å². The fraction of sp³-hybridized carbons (Fsp3) is 0. The van der Waals surface area contributed by atoms with Crippen molar-refractivity contribution < 1.29 is 14.7 Å². The number of carbonyl (C=O) groups is 2. The Hall–Kier alpha value is -3.60. The molecule has 1 N–H and O–H groups in total. The smallest absolute Gasteiger partial charge is 0.338 e. The number of benzene rings is 3. The van der Waals surface area contributed by atoms with E-state index in [2.05, 4.69) is 9.98 Å². The zero-order valence-corrected chi connectivity index (χ0v) is 12.9. The third-order valence-corrected chi connectivity index (χ3v) is 4.63. The number of hydrogen-bond acceptors (Lipinski definition) is 4. The van der Waals surface area contributed by atoms with E-state index in [-0.39, 0.29) is 5.56 Å². The summed E-state index contributed by atoms with van der Waals surface area (Å²) in [6.45, 7) is 0. The highest BCUT2D eigenvalue weighted by molar-refractivity contribution is 5.99. The van der Waals surface area contributed by atoms with Crippen LogP contribution in [-0.4, -0.2) is 17.4 Å². The molecule has 0 saturated carbocycles. The highest BCUT2D eigenvalue weighted by Crippen LogP contribution is 2.35. The number of nitrogens with zero attached hydrogens (tertiary/aromatic N) is 2. The highest BCUT2D eigenvalue weighted by atomic mass is 16.4. The molecule has 0 saturated heterocycles. The van der Waals surface area contributed by atoms with Crippen LogP contribution in [0.5, 0.6) is 0 Å². The molecule has 5 heteroatoms. The van der Waals surface area contributed by atoms with Crippen molar-refractivity contribution in [3.05, 3.63) is 91.2 Å². The van der Waals surface area contributed by atoms with Gasteiger partial charge in [-0.05, 0) is 12.1 Å². The maximum absolute atomic E-state index is 12.1. The monoisotopic (exact) mass is 326 g/mol. The Morgan fingerprint density at radius 2 is 1.40 bits per heavy atom. The molecule has 5 nitrogen and oxygen atoms in total. The van der Waals surface area contributed by atoms with Gasteiger partial charge in [0.05, 0.1) is 33.2 Å². The van der Waals surface area contributed by atoms with Gasteiger partial charge in [-0.3, -0.25) is 4.79 Å². The molecule has 3 aromatic carbocycles. The van der Waals surface area contributed by atoms with Gasteiger partial charge in [0.1, 0.15) is 0 Å². The second-order valence-corrected chi connectivity index (χ2v) is 5.92. The number of fused-ring (bicyclic) bond motifs is 4. The Labute approximate surface area is 140 Å². The van der Waals surface area contributed by atoms with Crippen molar-refractivity contribution in [1.29, 1.82) is 0 Å². The molecule has 0 radical (unpaired) electrons. The van der Waals surface area contributed by atoms with Crippen LogP contribution in [0.15, 0.2) is 58.5 Å². The van der Waals surface area contributed by atoms with Crippen molar-refractivity contribution in [1.82, 2.24) is 0 Å². The second kappa shape index (κ2) is 4.70. The van der Waals surface area contributed by atoms with E-state index in [1.54, 1.807) is 0 Å². The van der Waals surface area contributed by atoms with Gasteiger partial charge in [-0.25, -0.2) is 14.8 Å². The van der Waals surface area contributed by atoms with Gasteiger partial charge in [0.25, 0.3) is 0 Å². The summed E-state index contributed by atoms with van der Waals surface area (Å²) in [5.41, 5.74) is 1.24. The average molecular weight is 326 g/mol. The van der Waals surface area contributed by atoms with Crippen molar-refractivity contribution in [3.63, 3.8) is 0 Å². The van der Waals surface area contributed by atoms with Crippen LogP contribution >= 0.6 is 0 Å². The third kappa shape index (κ3) is 1.67. The summed E-state index contributed by atoms with van der Waals surface area (Å²) in [5, 5.41) is 13.7. The largest absolute Gasteiger partial charge is 0.478 e. The van der Waals surface area contributed by atoms with E-state index in [1.165, 1.54) is 0 Å². The molecule has 0 fully saturated rings. The van der Waals surface area contributed by atoms with Crippen molar-refractivity contribution in [2.45, 2.75) is 0 Å². The average Bonchev–Trinajstić information content (AvgIpc) is 3.18. The Morgan fingerprint density at radius 1 is 0.840 bits per heavy atom. The molecule has 2 heterocycles. The highest BCUT2D eigenvalue weighted by Gasteiger charge is 2.25. The number of carbonyl (C=O) groups excluding carboxylic acids is 1. The molecule has 0 bridgehead atoms. The molecule has 0 amide bonds. The van der Waals surface area contributed by atoms with Gasteiger partial charge < -0.3 is 5.11 Å². The molecule has 0 spiro atoms. The van der Waals surface area contributed by atoms with E-state index < -0.39 is 5.97 Å². The first kappa shape index (κ1) is 13.8. The third-order valence-electron chi connectivity index (χ3n) is 4.63. The fourth-order valence-corrected chi connectivity index (χ4v) is 3.63. The first-order valence-electron chi connectivity index (χ1n) is 7.75. The lowest BCUT2D eigenvalue weighted by Crippen LogP contribution is -2.02. The van der Waals surface area contributed by atoms with Crippen LogP contribution in [0.25, 0.3) is 0 Å². The van der Waals surface area contributed by atoms with E-state index in [4.69, 9.17) is 0 Å². The van der Waals surface area contributed by atoms with E-state index in [1.807, 2.05) is 48.5 Å². The van der Waals surface area contributed by atoms with Gasteiger partial charge >= 0.3 is 5.97 Å². The van der Waals surface area contributed by atoms with Crippen LogP contribution in [0, 0.1) is 20.9 Å². The number of carboxylic acids is 1. The minimum absolute atomic E-state index is 0.0977. The van der Waals surface area contributed by atoms with E-state index in [0.29, 0.717) is 43.3 Å². The quantitative estimate of drug-likeness (QED) is 0.506. The first-order chi connectivity index (χ1) is 12.2. The molecule has 5 rings (SSSR count). The maximum Gasteiger partial charge on any atom is 0.338 e. The normalized spacial score (nSPS) is 12.3. The first-order valence-corrected chi connectivity index (χ1v) is 7.75. The van der Waals surface area contributed by atoms with Crippen molar-refractivity contribution in [2.75, 3.05) is 0 Å². The molecule has 0 unspecified atom stereocenters. The van der Waals surface area contributed by atoms with Crippen LogP contribution < -0.4 is 10.7 Å². The topological polar surface area (TPSA) is 79.1 Å². The van der Waals surface area contributed by atoms with Crippen molar-refractivity contribution in [2.24, 2.45) is 9.98 Å². The summed E-state index contributed by atoms with van der Waals surface area (Å²) < 4.78 is 0. The summed E-state index contributed by atoms with van der Waals surface area (Å²) >= 11 is 0. The van der Waals surface area contributed by atoms with Crippen molar-refractivity contribution >= 4 is 23.6 Å². The van der Waals surface area contributed by atoms with Crippen LogP contribution in [0.1, 0.15) is 20.7 Å². The summed E-state index contributed by atoms with van der Waals surface area (Å²) in [5.74, 6) is -1.08. The van der Waals surface area contributed by atoms with Gasteiger partial charge in [0.2, 0.25) is 0 Å². The molecule has 2 aliphatic rings. The molecule has 0 aromatic heterocycles. The van der Waals surface area contributed by atoms with E-state index >= 15 is 0 Å². The lowest BCUT2D eigenvalue weighted by molar-refractivity contribution is 0.0696. The number of rotatable bonds is 2. The SMILES string of the molecule is O=Cc1c2c(c(C(=O)O)c3c1=c1ccccc1=N3)=c1ccccc1=N2. The number of aldehydes is 1. The van der Waals surface area contributed by atoms with Gasteiger partial charge in [-0.1, -0.05) is 36.4 Å². The van der Waals surface area contributed by atoms with Crippen LogP contribution in [0.4, 0.5) is 11.4 Å². The molecule has 25 heavy (non-hydrogen) atoms. The zero-order valence-electron chi connectivity index (χ0n) is 12.9. The molecule has 0 atom stereocenters. The Bertz CT molecular complexity index is 1440. The van der Waals surface area contributed by atoms with Gasteiger partial charge in [-0.15, -0.1) is 0 Å². The predicted molar refractivity (Wildman–Crippen MR) is 88.6 cm³/mol. The summed E-state index contributed by atoms with van der Waals surface area (Å²) in [6.07, 6.45) is 0.746. The number of para-hydroxylation sites is 2. The number of aromatic carboxylic acids is 1. The Balaban J connectivity index is 2.22. The molecular weight excluding hydrogens is 316 g/mol. The fourth-order valence-electron chi connectivity index (χ4n) is 3.63. The van der Waals surface area contributed by atoms with Crippen molar-refractivity contribution in [3.8, 4) is 0 Å². The minimum Gasteiger partial charge on any atom is -0.478 e. The molecular formula is C20H10N2O3. The summed E-state index contributed by atoms with van der Waals surface area (Å²) in [7, 11) is 0. The van der Waals surface area contributed by atoms with Crippen LogP contribution in [0.2, 0.25) is 0 Å². The molecule has 118 valence electrons. The van der Waals surface area contributed by atoms with Gasteiger partial charge in [0, 0.05) is 20.9 Å². The van der Waals surface area contributed by atoms with E-state index in [9.17, 15) is 14.7 Å². The lowest BCUT2D eigenvalue weighted by atomic mass is 9.99. The predicted octanol–water partition coefficient (Wildman–Crippen LogP) is 2.30. The standard InChI is InChI=1S/C20H10N2O3/c23-9-12-15-10-5-1-3-7-13(10)22-19(15)17(20(24)25)16-11-6-2-4-8-14(11)21-18(12)16/h1-9H,(H,24,25). The van der Waals surface area contributed by atoms with Gasteiger partial charge in [-0.2, -0.15) is 0 Å². The number of hydrogen-bond donors (Lipinski definition) is 1. The van der Waals surface area contributed by atoms with Crippen LogP contribution in [0.3, 0.4) is 0 Å². The maximum atomic E-state index is 12.1. The minimum atomic E-state index is -1.08. The molecule has 0 aliphatic carbocycles. The molecule has 3 aromatic rings. The molecule has 2 aliphatic heterocycles. The Morgan fingerprint density at radius 3 is 2.00 bits per heavy atom. The zero-order chi connectivity index (χ0) is 17.1.